The number of nitrogens with zero attached hydrogens (tertiary/aromatic N) is 3. The van der Waals surface area contributed by atoms with Crippen molar-refractivity contribution >= 4 is 46.5 Å². The highest BCUT2D eigenvalue weighted by atomic mass is 35.5. The zero-order valence-corrected chi connectivity index (χ0v) is 15.8. The number of primary amides is 1. The number of halogens is 1. The van der Waals surface area contributed by atoms with E-state index in [1.807, 2.05) is 16.7 Å². The molecule has 2 aromatic rings. The quantitative estimate of drug-likeness (QED) is 0.629. The van der Waals surface area contributed by atoms with Gasteiger partial charge in [-0.15, -0.1) is 21.5 Å². The predicted octanol–water partition coefficient (Wildman–Crippen LogP) is 2.15. The van der Waals surface area contributed by atoms with Crippen LogP contribution in [0.15, 0.2) is 17.3 Å². The van der Waals surface area contributed by atoms with Gasteiger partial charge < -0.3 is 15.6 Å². The van der Waals surface area contributed by atoms with Gasteiger partial charge in [0.1, 0.15) is 5.82 Å². The third-order valence-corrected chi connectivity index (χ3v) is 5.89. The van der Waals surface area contributed by atoms with Gasteiger partial charge in [-0.25, -0.2) is 0 Å². The Bertz CT molecular complexity index is 772. The molecule has 0 saturated heterocycles. The van der Waals surface area contributed by atoms with E-state index in [1.165, 1.54) is 23.1 Å². The zero-order valence-electron chi connectivity index (χ0n) is 13.4. The molecule has 0 aliphatic heterocycles. The predicted molar refractivity (Wildman–Crippen MR) is 97.7 cm³/mol. The van der Waals surface area contributed by atoms with E-state index in [1.54, 1.807) is 0 Å². The maximum atomic E-state index is 12.0. The molecule has 3 rings (SSSR count). The molecule has 10 heteroatoms. The Morgan fingerprint density at radius 1 is 1.40 bits per heavy atom. The van der Waals surface area contributed by atoms with Gasteiger partial charge >= 0.3 is 0 Å². The van der Waals surface area contributed by atoms with Crippen LogP contribution in [0.3, 0.4) is 0 Å². The van der Waals surface area contributed by atoms with Crippen molar-refractivity contribution in [2.75, 3.05) is 5.75 Å². The van der Waals surface area contributed by atoms with Crippen molar-refractivity contribution in [2.24, 2.45) is 5.73 Å². The minimum atomic E-state index is -0.362. The molecule has 0 atom stereocenters. The minimum Gasteiger partial charge on any atom is -0.370 e. The highest BCUT2D eigenvalue weighted by molar-refractivity contribution is 7.99. The number of hydrogen-bond donors (Lipinski definition) is 2. The van der Waals surface area contributed by atoms with E-state index in [9.17, 15) is 9.59 Å². The summed E-state index contributed by atoms with van der Waals surface area (Å²) in [6, 6.07) is 3.70. The number of aromatic nitrogens is 3. The lowest BCUT2D eigenvalue weighted by Crippen LogP contribution is -2.24. The maximum absolute atomic E-state index is 12.0. The first kappa shape index (κ1) is 18.2. The number of rotatable bonds is 9. The van der Waals surface area contributed by atoms with Crippen LogP contribution in [0.1, 0.15) is 35.9 Å². The highest BCUT2D eigenvalue weighted by Crippen LogP contribution is 2.40. The lowest BCUT2D eigenvalue weighted by atomic mass is 10.3. The largest absolute Gasteiger partial charge is 0.370 e. The van der Waals surface area contributed by atoms with E-state index in [0.717, 1.165) is 23.5 Å². The van der Waals surface area contributed by atoms with Crippen LogP contribution in [-0.4, -0.2) is 32.3 Å². The normalized spacial score (nSPS) is 13.8. The number of thiophene rings is 1. The molecule has 0 aromatic carbocycles. The maximum Gasteiger partial charge on any atom is 0.230 e. The average Bonchev–Trinajstić information content (AvgIpc) is 3.20. The molecule has 2 amide bonds. The first-order valence-electron chi connectivity index (χ1n) is 7.88. The lowest BCUT2D eigenvalue weighted by molar-refractivity contribution is -0.119. The van der Waals surface area contributed by atoms with E-state index in [2.05, 4.69) is 15.5 Å². The first-order chi connectivity index (χ1) is 12.0. The molecule has 1 aliphatic carbocycles. The van der Waals surface area contributed by atoms with Crippen LogP contribution in [0.5, 0.6) is 0 Å². The van der Waals surface area contributed by atoms with E-state index >= 15 is 0 Å². The van der Waals surface area contributed by atoms with Crippen LogP contribution in [-0.2, 0) is 22.7 Å². The van der Waals surface area contributed by atoms with Crippen molar-refractivity contribution in [1.82, 2.24) is 20.1 Å². The fourth-order valence-corrected chi connectivity index (χ4v) is 4.12. The second-order valence-electron chi connectivity index (χ2n) is 5.75. The summed E-state index contributed by atoms with van der Waals surface area (Å²) in [5.41, 5.74) is 5.25. The standard InChI is InChI=1S/C15H18ClN5O2S2/c16-11-4-3-10(25-11)7-18-13(23)8-24-15-20-19-14(9-1-2-9)21(15)6-5-12(17)22/h3-4,9H,1-2,5-8H2,(H2,17,22)(H,18,23). The van der Waals surface area contributed by atoms with Crippen LogP contribution in [0.4, 0.5) is 0 Å². The topological polar surface area (TPSA) is 103 Å². The molecular formula is C15H18ClN5O2S2. The van der Waals surface area contributed by atoms with Crippen molar-refractivity contribution in [2.45, 2.75) is 43.4 Å². The van der Waals surface area contributed by atoms with Crippen LogP contribution in [0.25, 0.3) is 0 Å². The number of amides is 2. The van der Waals surface area contributed by atoms with Crippen LogP contribution in [0, 0.1) is 0 Å². The van der Waals surface area contributed by atoms with Crippen molar-refractivity contribution in [3.63, 3.8) is 0 Å². The third-order valence-electron chi connectivity index (χ3n) is 3.69. The summed E-state index contributed by atoms with van der Waals surface area (Å²) < 4.78 is 2.62. The smallest absolute Gasteiger partial charge is 0.230 e. The molecule has 1 fully saturated rings. The second kappa shape index (κ2) is 8.20. The lowest BCUT2D eigenvalue weighted by Gasteiger charge is -2.08. The number of nitrogens with two attached hydrogens (primary N) is 1. The zero-order chi connectivity index (χ0) is 17.8. The summed E-state index contributed by atoms with van der Waals surface area (Å²) in [4.78, 5) is 24.1. The van der Waals surface area contributed by atoms with E-state index in [4.69, 9.17) is 17.3 Å². The molecule has 1 saturated carbocycles. The summed E-state index contributed by atoms with van der Waals surface area (Å²) >= 11 is 8.63. The number of carbonyl (C=O) groups excluding carboxylic acids is 2. The molecule has 1 aliphatic rings. The van der Waals surface area contributed by atoms with E-state index in [-0.39, 0.29) is 24.0 Å². The van der Waals surface area contributed by atoms with Crippen molar-refractivity contribution in [1.29, 1.82) is 0 Å². The van der Waals surface area contributed by atoms with Gasteiger partial charge in [-0.05, 0) is 25.0 Å². The fourth-order valence-electron chi connectivity index (χ4n) is 2.30. The Kier molecular flexibility index (Phi) is 5.98. The second-order valence-corrected chi connectivity index (χ2v) is 8.50. The summed E-state index contributed by atoms with van der Waals surface area (Å²) in [5, 5.41) is 11.9. The molecule has 2 aromatic heterocycles. The molecule has 134 valence electrons. The Balaban J connectivity index is 1.54. The summed E-state index contributed by atoms with van der Waals surface area (Å²) in [6.07, 6.45) is 2.41. The molecule has 3 N–H and O–H groups in total. The Labute approximate surface area is 158 Å². The number of nitrogens with one attached hydrogen (secondary N) is 1. The monoisotopic (exact) mass is 399 g/mol. The van der Waals surface area contributed by atoms with Crippen molar-refractivity contribution in [3.8, 4) is 0 Å². The average molecular weight is 400 g/mol. The minimum absolute atomic E-state index is 0.0908. The SMILES string of the molecule is NC(=O)CCn1c(SCC(=O)NCc2ccc(Cl)s2)nnc1C1CC1. The van der Waals surface area contributed by atoms with Gasteiger partial charge in [0.25, 0.3) is 0 Å². The van der Waals surface area contributed by atoms with Gasteiger partial charge in [0.15, 0.2) is 5.16 Å². The van der Waals surface area contributed by atoms with E-state index in [0.29, 0.717) is 28.5 Å². The van der Waals surface area contributed by atoms with Gasteiger partial charge in [0, 0.05) is 23.8 Å². The van der Waals surface area contributed by atoms with Gasteiger partial charge in [-0.2, -0.15) is 0 Å². The highest BCUT2D eigenvalue weighted by Gasteiger charge is 2.30. The van der Waals surface area contributed by atoms with Gasteiger partial charge in [0.05, 0.1) is 16.6 Å². The Morgan fingerprint density at radius 3 is 2.84 bits per heavy atom. The third kappa shape index (κ3) is 5.20. The van der Waals surface area contributed by atoms with Crippen molar-refractivity contribution < 1.29 is 9.59 Å². The fraction of sp³-hybridized carbons (Fsp3) is 0.467. The van der Waals surface area contributed by atoms with Crippen LogP contribution < -0.4 is 11.1 Å². The molecule has 0 bridgehead atoms. The Morgan fingerprint density at radius 2 is 2.20 bits per heavy atom. The van der Waals surface area contributed by atoms with E-state index < -0.39 is 0 Å². The Hall–Kier alpha value is -1.58. The summed E-state index contributed by atoms with van der Waals surface area (Å²) in [6.45, 7) is 0.907. The first-order valence-corrected chi connectivity index (χ1v) is 10.1. The number of hydrogen-bond acceptors (Lipinski definition) is 6. The summed E-state index contributed by atoms with van der Waals surface area (Å²) in [7, 11) is 0. The molecule has 2 heterocycles. The van der Waals surface area contributed by atoms with Crippen LogP contribution >= 0.6 is 34.7 Å². The molecular weight excluding hydrogens is 382 g/mol. The van der Waals surface area contributed by atoms with Crippen molar-refractivity contribution in [3.05, 3.63) is 27.2 Å². The molecule has 0 unspecified atom stereocenters. The number of carbonyl (C=O) groups is 2. The molecule has 7 nitrogen and oxygen atoms in total. The van der Waals surface area contributed by atoms with Gasteiger partial charge in [-0.1, -0.05) is 23.4 Å². The molecule has 0 radical (unpaired) electrons. The molecule has 25 heavy (non-hydrogen) atoms. The van der Waals surface area contributed by atoms with Gasteiger partial charge in [0.2, 0.25) is 11.8 Å². The van der Waals surface area contributed by atoms with Crippen LogP contribution in [0.2, 0.25) is 4.34 Å². The molecule has 0 spiro atoms. The summed E-state index contributed by atoms with van der Waals surface area (Å²) in [5.74, 6) is 1.08. The number of thioether (sulfide) groups is 1. The van der Waals surface area contributed by atoms with Gasteiger partial charge in [-0.3, -0.25) is 9.59 Å².